The predicted octanol–water partition coefficient (Wildman–Crippen LogP) is 2.20. The highest BCUT2D eigenvalue weighted by Gasteiger charge is 2.06. The summed E-state index contributed by atoms with van der Waals surface area (Å²) in [4.78, 5) is 0. The number of aromatic nitrogens is 1. The third kappa shape index (κ3) is 1.23. The van der Waals surface area contributed by atoms with Crippen molar-refractivity contribution in [1.29, 1.82) is 0 Å². The van der Waals surface area contributed by atoms with Gasteiger partial charge in [0.15, 0.2) is 0 Å². The van der Waals surface area contributed by atoms with Gasteiger partial charge in [-0.05, 0) is 24.1 Å². The lowest BCUT2D eigenvalue weighted by atomic mass is 10.1. The van der Waals surface area contributed by atoms with Gasteiger partial charge in [-0.1, -0.05) is 19.1 Å². The molecule has 0 aliphatic carbocycles. The summed E-state index contributed by atoms with van der Waals surface area (Å²) in [6.07, 6.45) is 1.06. The minimum absolute atomic E-state index is 0.616. The van der Waals surface area contributed by atoms with E-state index in [1.54, 1.807) is 0 Å². The SMILES string of the molecule is CCc1cc2c(CN)cccc2n1C. The monoisotopic (exact) mass is 188 g/mol. The first-order valence-corrected chi connectivity index (χ1v) is 5.04. The molecule has 74 valence electrons. The fraction of sp³-hybridized carbons (Fsp3) is 0.333. The molecule has 1 aromatic carbocycles. The molecule has 0 amide bonds. The third-order valence-corrected chi connectivity index (χ3v) is 2.86. The minimum Gasteiger partial charge on any atom is -0.348 e. The second-order valence-corrected chi connectivity index (χ2v) is 3.60. The number of hydrogen-bond acceptors (Lipinski definition) is 1. The molecular weight excluding hydrogens is 172 g/mol. The third-order valence-electron chi connectivity index (χ3n) is 2.86. The molecule has 0 bridgehead atoms. The molecular formula is C12H16N2. The van der Waals surface area contributed by atoms with Gasteiger partial charge in [0.25, 0.3) is 0 Å². The van der Waals surface area contributed by atoms with Crippen LogP contribution < -0.4 is 5.73 Å². The Kier molecular flexibility index (Phi) is 2.30. The van der Waals surface area contributed by atoms with E-state index in [1.165, 1.54) is 22.2 Å². The fourth-order valence-corrected chi connectivity index (χ4v) is 1.99. The van der Waals surface area contributed by atoms with Gasteiger partial charge in [-0.3, -0.25) is 0 Å². The molecule has 1 aromatic heterocycles. The van der Waals surface area contributed by atoms with Crippen LogP contribution >= 0.6 is 0 Å². The first-order valence-electron chi connectivity index (χ1n) is 5.04. The summed E-state index contributed by atoms with van der Waals surface area (Å²) >= 11 is 0. The summed E-state index contributed by atoms with van der Waals surface area (Å²) in [5, 5.41) is 1.30. The highest BCUT2D eigenvalue weighted by Crippen LogP contribution is 2.22. The Balaban J connectivity index is 2.77. The first kappa shape index (κ1) is 9.28. The van der Waals surface area contributed by atoms with Crippen molar-refractivity contribution in [2.24, 2.45) is 12.8 Å². The second kappa shape index (κ2) is 3.46. The van der Waals surface area contributed by atoms with Gasteiger partial charge in [0.05, 0.1) is 0 Å². The van der Waals surface area contributed by atoms with E-state index in [4.69, 9.17) is 5.73 Å². The van der Waals surface area contributed by atoms with Crippen LogP contribution in [0.5, 0.6) is 0 Å². The number of rotatable bonds is 2. The number of fused-ring (bicyclic) bond motifs is 1. The summed E-state index contributed by atoms with van der Waals surface area (Å²) in [7, 11) is 2.11. The van der Waals surface area contributed by atoms with Crippen molar-refractivity contribution in [2.75, 3.05) is 0 Å². The Labute approximate surface area is 84.3 Å². The van der Waals surface area contributed by atoms with E-state index < -0.39 is 0 Å². The summed E-state index contributed by atoms with van der Waals surface area (Å²) in [5.74, 6) is 0. The van der Waals surface area contributed by atoms with Gasteiger partial charge >= 0.3 is 0 Å². The summed E-state index contributed by atoms with van der Waals surface area (Å²) in [6.45, 7) is 2.79. The molecule has 0 saturated carbocycles. The van der Waals surface area contributed by atoms with Gasteiger partial charge in [-0.15, -0.1) is 0 Å². The molecule has 0 unspecified atom stereocenters. The lowest BCUT2D eigenvalue weighted by Gasteiger charge is -2.01. The van der Waals surface area contributed by atoms with Crippen molar-refractivity contribution in [3.63, 3.8) is 0 Å². The Bertz CT molecular complexity index is 455. The number of hydrogen-bond donors (Lipinski definition) is 1. The predicted molar refractivity (Wildman–Crippen MR) is 60.2 cm³/mol. The van der Waals surface area contributed by atoms with Crippen LogP contribution in [-0.4, -0.2) is 4.57 Å². The van der Waals surface area contributed by atoms with E-state index in [2.05, 4.69) is 42.8 Å². The van der Waals surface area contributed by atoms with Crippen LogP contribution in [0.1, 0.15) is 18.2 Å². The van der Waals surface area contributed by atoms with E-state index in [-0.39, 0.29) is 0 Å². The number of aryl methyl sites for hydroxylation is 2. The zero-order chi connectivity index (χ0) is 10.1. The molecule has 1 heterocycles. The normalized spacial score (nSPS) is 11.1. The lowest BCUT2D eigenvalue weighted by Crippen LogP contribution is -1.96. The lowest BCUT2D eigenvalue weighted by molar-refractivity contribution is 0.865. The molecule has 2 rings (SSSR count). The molecule has 0 spiro atoms. The van der Waals surface area contributed by atoms with E-state index in [9.17, 15) is 0 Å². The van der Waals surface area contributed by atoms with Crippen molar-refractivity contribution < 1.29 is 0 Å². The highest BCUT2D eigenvalue weighted by atomic mass is 14.9. The van der Waals surface area contributed by atoms with Crippen LogP contribution in [0.3, 0.4) is 0 Å². The zero-order valence-electron chi connectivity index (χ0n) is 8.75. The van der Waals surface area contributed by atoms with Crippen LogP contribution in [0.4, 0.5) is 0 Å². The maximum absolute atomic E-state index is 5.71. The standard InChI is InChI=1S/C12H16N2/c1-3-10-7-11-9(8-13)5-4-6-12(11)14(10)2/h4-7H,3,8,13H2,1-2H3. The van der Waals surface area contributed by atoms with Gasteiger partial charge in [-0.2, -0.15) is 0 Å². The second-order valence-electron chi connectivity index (χ2n) is 3.60. The fourth-order valence-electron chi connectivity index (χ4n) is 1.99. The molecule has 2 N–H and O–H groups in total. The molecule has 0 aliphatic rings. The average molecular weight is 188 g/mol. The Morgan fingerprint density at radius 3 is 2.79 bits per heavy atom. The van der Waals surface area contributed by atoms with Gasteiger partial charge in [-0.25, -0.2) is 0 Å². The van der Waals surface area contributed by atoms with Gasteiger partial charge in [0.1, 0.15) is 0 Å². The van der Waals surface area contributed by atoms with E-state index in [1.807, 2.05) is 0 Å². The summed E-state index contributed by atoms with van der Waals surface area (Å²) in [6, 6.07) is 8.57. The number of benzene rings is 1. The first-order chi connectivity index (χ1) is 6.77. The van der Waals surface area contributed by atoms with Crippen LogP contribution in [0, 0.1) is 0 Å². The average Bonchev–Trinajstić information content (AvgIpc) is 2.55. The Morgan fingerprint density at radius 1 is 1.36 bits per heavy atom. The van der Waals surface area contributed by atoms with Gasteiger partial charge in [0.2, 0.25) is 0 Å². The van der Waals surface area contributed by atoms with Crippen molar-refractivity contribution in [1.82, 2.24) is 4.57 Å². The molecule has 0 saturated heterocycles. The molecule has 2 nitrogen and oxygen atoms in total. The van der Waals surface area contributed by atoms with Gasteiger partial charge < -0.3 is 10.3 Å². The van der Waals surface area contributed by atoms with E-state index in [0.717, 1.165) is 6.42 Å². The largest absolute Gasteiger partial charge is 0.348 e. The molecule has 2 heteroatoms. The molecule has 0 radical (unpaired) electrons. The zero-order valence-corrected chi connectivity index (χ0v) is 8.75. The van der Waals surface area contributed by atoms with Crippen molar-refractivity contribution in [3.8, 4) is 0 Å². The topological polar surface area (TPSA) is 30.9 Å². The number of nitrogens with zero attached hydrogens (tertiary/aromatic N) is 1. The van der Waals surface area contributed by atoms with Crippen LogP contribution in [0.25, 0.3) is 10.9 Å². The number of nitrogens with two attached hydrogens (primary N) is 1. The summed E-state index contributed by atoms with van der Waals surface area (Å²) < 4.78 is 2.24. The minimum atomic E-state index is 0.616. The van der Waals surface area contributed by atoms with Crippen LogP contribution in [0.15, 0.2) is 24.3 Å². The van der Waals surface area contributed by atoms with Crippen molar-refractivity contribution in [3.05, 3.63) is 35.5 Å². The molecule has 0 fully saturated rings. The maximum atomic E-state index is 5.71. The van der Waals surface area contributed by atoms with Crippen LogP contribution in [-0.2, 0) is 20.0 Å². The van der Waals surface area contributed by atoms with Crippen molar-refractivity contribution in [2.45, 2.75) is 19.9 Å². The summed E-state index contributed by atoms with van der Waals surface area (Å²) in [5.41, 5.74) is 9.59. The van der Waals surface area contributed by atoms with Crippen LogP contribution in [0.2, 0.25) is 0 Å². The molecule has 14 heavy (non-hydrogen) atoms. The molecule has 2 aromatic rings. The molecule has 0 aliphatic heterocycles. The van der Waals surface area contributed by atoms with E-state index >= 15 is 0 Å². The van der Waals surface area contributed by atoms with E-state index in [0.29, 0.717) is 6.54 Å². The molecule has 0 atom stereocenters. The highest BCUT2D eigenvalue weighted by molar-refractivity contribution is 5.84. The smallest absolute Gasteiger partial charge is 0.0483 e. The Hall–Kier alpha value is -1.28. The Morgan fingerprint density at radius 2 is 2.14 bits per heavy atom. The van der Waals surface area contributed by atoms with Gasteiger partial charge in [0, 0.05) is 30.2 Å². The maximum Gasteiger partial charge on any atom is 0.0483 e. The quantitative estimate of drug-likeness (QED) is 0.769. The van der Waals surface area contributed by atoms with Crippen molar-refractivity contribution >= 4 is 10.9 Å².